The van der Waals surface area contributed by atoms with Gasteiger partial charge in [-0.3, -0.25) is 0 Å². The number of methoxy groups -OCH3 is 2. The number of hydrogen-bond donors (Lipinski definition) is 1. The maximum absolute atomic E-state index is 5.55. The zero-order valence-electron chi connectivity index (χ0n) is 12.0. The lowest BCUT2D eigenvalue weighted by Gasteiger charge is -2.23. The highest BCUT2D eigenvalue weighted by Gasteiger charge is 2.56. The summed E-state index contributed by atoms with van der Waals surface area (Å²) >= 11 is 0. The molecule has 1 N–H and O–H groups in total. The lowest BCUT2D eigenvalue weighted by Crippen LogP contribution is -2.22. The van der Waals surface area contributed by atoms with Crippen LogP contribution in [0.4, 0.5) is 0 Å². The number of nitrogens with one attached hydrogen (secondary N) is 1. The van der Waals surface area contributed by atoms with Crippen LogP contribution in [0.3, 0.4) is 0 Å². The van der Waals surface area contributed by atoms with Gasteiger partial charge in [-0.15, -0.1) is 0 Å². The van der Waals surface area contributed by atoms with Gasteiger partial charge in [-0.2, -0.15) is 0 Å². The molecule has 3 nitrogen and oxygen atoms in total. The minimum atomic E-state index is 0.349. The summed E-state index contributed by atoms with van der Waals surface area (Å²) < 4.78 is 11.1. The summed E-state index contributed by atoms with van der Waals surface area (Å²) in [6, 6.07) is 6.39. The van der Waals surface area contributed by atoms with Gasteiger partial charge in [-0.05, 0) is 49.8 Å². The van der Waals surface area contributed by atoms with Crippen LogP contribution in [0.2, 0.25) is 0 Å². The summed E-state index contributed by atoms with van der Waals surface area (Å²) in [6.07, 6.45) is 4.20. The van der Waals surface area contributed by atoms with Crippen molar-refractivity contribution < 1.29 is 9.47 Å². The molecule has 2 fully saturated rings. The highest BCUT2D eigenvalue weighted by atomic mass is 16.5. The minimum Gasteiger partial charge on any atom is -0.496 e. The van der Waals surface area contributed by atoms with Gasteiger partial charge in [-0.1, -0.05) is 12.5 Å². The lowest BCUT2D eigenvalue weighted by molar-refractivity contribution is 0.356. The van der Waals surface area contributed by atoms with E-state index in [2.05, 4.69) is 5.32 Å². The molecule has 0 aliphatic heterocycles. The minimum absolute atomic E-state index is 0.349. The molecule has 2 saturated carbocycles. The zero-order valence-corrected chi connectivity index (χ0v) is 12.0. The third kappa shape index (κ3) is 2.00. The summed E-state index contributed by atoms with van der Waals surface area (Å²) in [4.78, 5) is 0. The molecular formula is C16H23NO2. The Morgan fingerprint density at radius 2 is 1.68 bits per heavy atom. The largest absolute Gasteiger partial charge is 0.496 e. The predicted molar refractivity (Wildman–Crippen MR) is 75.7 cm³/mol. The van der Waals surface area contributed by atoms with Gasteiger partial charge in [0.2, 0.25) is 0 Å². The molecule has 1 aromatic rings. The van der Waals surface area contributed by atoms with E-state index >= 15 is 0 Å². The van der Waals surface area contributed by atoms with Crippen LogP contribution in [0, 0.1) is 17.8 Å². The molecule has 3 rings (SSSR count). The van der Waals surface area contributed by atoms with E-state index in [0.717, 1.165) is 29.3 Å². The van der Waals surface area contributed by atoms with Crippen LogP contribution in [0.5, 0.6) is 11.5 Å². The van der Waals surface area contributed by atoms with Crippen LogP contribution in [-0.2, 0) is 0 Å². The highest BCUT2D eigenvalue weighted by Crippen LogP contribution is 2.63. The second kappa shape index (κ2) is 5.04. The predicted octanol–water partition coefficient (Wildman–Crippen LogP) is 3.01. The monoisotopic (exact) mass is 261 g/mol. The summed E-state index contributed by atoms with van der Waals surface area (Å²) in [7, 11) is 5.52. The quantitative estimate of drug-likeness (QED) is 0.884. The fourth-order valence-electron chi connectivity index (χ4n) is 4.09. The second-order valence-electron chi connectivity index (χ2n) is 5.68. The lowest BCUT2D eigenvalue weighted by atomic mass is 9.95. The second-order valence-corrected chi connectivity index (χ2v) is 5.68. The maximum atomic E-state index is 5.55. The molecule has 3 heteroatoms. The molecule has 0 saturated heterocycles. The van der Waals surface area contributed by atoms with Gasteiger partial charge in [0.25, 0.3) is 0 Å². The molecule has 0 bridgehead atoms. The van der Waals surface area contributed by atoms with E-state index in [1.165, 1.54) is 24.8 Å². The first-order valence-corrected chi connectivity index (χ1v) is 7.20. The van der Waals surface area contributed by atoms with Crippen molar-refractivity contribution >= 4 is 0 Å². The standard InChI is InChI=1S/C16H23NO2/c1-17-16(14-10-6-4-7-11(10)14)15-12(18-2)8-5-9-13(15)19-3/h5,8-11,14,16-17H,4,6-7H2,1-3H3. The molecule has 2 aliphatic rings. The van der Waals surface area contributed by atoms with E-state index < -0.39 is 0 Å². The topological polar surface area (TPSA) is 30.5 Å². The van der Waals surface area contributed by atoms with Gasteiger partial charge in [0, 0.05) is 6.04 Å². The molecule has 3 atom stereocenters. The smallest absolute Gasteiger partial charge is 0.127 e. The van der Waals surface area contributed by atoms with Gasteiger partial charge < -0.3 is 14.8 Å². The molecular weight excluding hydrogens is 238 g/mol. The molecule has 0 radical (unpaired) electrons. The van der Waals surface area contributed by atoms with Gasteiger partial charge in [0.05, 0.1) is 19.8 Å². The molecule has 1 aromatic carbocycles. The van der Waals surface area contributed by atoms with Crippen molar-refractivity contribution in [3.05, 3.63) is 23.8 Å². The highest BCUT2D eigenvalue weighted by molar-refractivity contribution is 5.48. The Bertz CT molecular complexity index is 428. The number of rotatable bonds is 5. The normalized spacial score (nSPS) is 29.7. The Morgan fingerprint density at radius 3 is 2.16 bits per heavy atom. The third-order valence-corrected chi connectivity index (χ3v) is 4.95. The maximum Gasteiger partial charge on any atom is 0.127 e. The summed E-state index contributed by atoms with van der Waals surface area (Å²) in [5, 5.41) is 3.50. The summed E-state index contributed by atoms with van der Waals surface area (Å²) in [6.45, 7) is 0. The first-order chi connectivity index (χ1) is 9.31. The Kier molecular flexibility index (Phi) is 3.40. The van der Waals surface area contributed by atoms with Crippen LogP contribution in [0.1, 0.15) is 30.9 Å². The SMILES string of the molecule is CNC(c1c(OC)cccc1OC)C1C2CCCC21. The van der Waals surface area contributed by atoms with E-state index in [4.69, 9.17) is 9.47 Å². The van der Waals surface area contributed by atoms with Gasteiger partial charge in [-0.25, -0.2) is 0 Å². The van der Waals surface area contributed by atoms with E-state index in [1.54, 1.807) is 14.2 Å². The third-order valence-electron chi connectivity index (χ3n) is 4.95. The van der Waals surface area contributed by atoms with Crippen LogP contribution in [0.25, 0.3) is 0 Å². The molecule has 0 aromatic heterocycles. The summed E-state index contributed by atoms with van der Waals surface area (Å²) in [5.41, 5.74) is 1.19. The number of hydrogen-bond acceptors (Lipinski definition) is 3. The number of benzene rings is 1. The molecule has 3 unspecified atom stereocenters. The fraction of sp³-hybridized carbons (Fsp3) is 0.625. The van der Waals surface area contributed by atoms with Crippen molar-refractivity contribution in [1.29, 1.82) is 0 Å². The van der Waals surface area contributed by atoms with Crippen molar-refractivity contribution in [3.63, 3.8) is 0 Å². The van der Waals surface area contributed by atoms with Gasteiger partial charge in [0.15, 0.2) is 0 Å². The Hall–Kier alpha value is -1.22. The van der Waals surface area contributed by atoms with E-state index in [-0.39, 0.29) is 0 Å². The molecule has 19 heavy (non-hydrogen) atoms. The number of fused-ring (bicyclic) bond motifs is 1. The van der Waals surface area contributed by atoms with Crippen LogP contribution < -0.4 is 14.8 Å². The van der Waals surface area contributed by atoms with Gasteiger partial charge in [0.1, 0.15) is 11.5 Å². The van der Waals surface area contributed by atoms with Crippen LogP contribution in [-0.4, -0.2) is 21.3 Å². The first-order valence-electron chi connectivity index (χ1n) is 7.20. The molecule has 0 heterocycles. The average Bonchev–Trinajstić information content (AvgIpc) is 2.92. The van der Waals surface area contributed by atoms with Crippen molar-refractivity contribution in [1.82, 2.24) is 5.32 Å². The fourth-order valence-corrected chi connectivity index (χ4v) is 4.09. The first kappa shape index (κ1) is 12.8. The van der Waals surface area contributed by atoms with Crippen molar-refractivity contribution in [2.24, 2.45) is 17.8 Å². The zero-order chi connectivity index (χ0) is 13.4. The van der Waals surface area contributed by atoms with Crippen molar-refractivity contribution in [3.8, 4) is 11.5 Å². The Morgan fingerprint density at radius 1 is 1.11 bits per heavy atom. The molecule has 0 amide bonds. The van der Waals surface area contributed by atoms with E-state index in [1.807, 2.05) is 25.2 Å². The summed E-state index contributed by atoms with van der Waals surface area (Å²) in [5.74, 6) is 4.44. The van der Waals surface area contributed by atoms with Crippen LogP contribution >= 0.6 is 0 Å². The Labute approximate surface area is 115 Å². The average molecular weight is 261 g/mol. The van der Waals surface area contributed by atoms with Crippen molar-refractivity contribution in [2.75, 3.05) is 21.3 Å². The Balaban J connectivity index is 1.94. The molecule has 104 valence electrons. The van der Waals surface area contributed by atoms with Gasteiger partial charge >= 0.3 is 0 Å². The molecule has 2 aliphatic carbocycles. The molecule has 0 spiro atoms. The van der Waals surface area contributed by atoms with E-state index in [9.17, 15) is 0 Å². The number of ether oxygens (including phenoxy) is 2. The van der Waals surface area contributed by atoms with Crippen molar-refractivity contribution in [2.45, 2.75) is 25.3 Å². The van der Waals surface area contributed by atoms with Crippen LogP contribution in [0.15, 0.2) is 18.2 Å². The van der Waals surface area contributed by atoms with E-state index in [0.29, 0.717) is 6.04 Å².